The molecule has 0 aliphatic carbocycles. The van der Waals surface area contributed by atoms with Crippen molar-refractivity contribution in [3.05, 3.63) is 154 Å². The molecule has 0 saturated heterocycles. The Labute approximate surface area is 304 Å². The molecule has 6 nitrogen and oxygen atoms in total. The molecule has 0 unspecified atom stereocenters. The second-order valence-electron chi connectivity index (χ2n) is 14.5. The van der Waals surface area contributed by atoms with Crippen LogP contribution in [-0.4, -0.2) is 25.4 Å². The highest BCUT2D eigenvalue weighted by molar-refractivity contribution is 7.89. The molecule has 0 N–H and O–H groups in total. The molecule has 0 radical (unpaired) electrons. The maximum absolute atomic E-state index is 14.0. The van der Waals surface area contributed by atoms with Crippen LogP contribution in [-0.2, 0) is 46.2 Å². The summed E-state index contributed by atoms with van der Waals surface area (Å²) in [5.74, 6) is 0. The van der Waals surface area contributed by atoms with Crippen LogP contribution in [0.1, 0.15) is 44.5 Å². The Morgan fingerprint density at radius 3 is 1.15 bits per heavy atom. The highest BCUT2D eigenvalue weighted by atomic mass is 32.2. The Kier molecular flexibility index (Phi) is 7.51. The van der Waals surface area contributed by atoms with E-state index in [4.69, 9.17) is 0 Å². The lowest BCUT2D eigenvalue weighted by Gasteiger charge is -2.16. The van der Waals surface area contributed by atoms with Crippen molar-refractivity contribution in [1.82, 2.24) is 8.61 Å². The molecule has 4 bridgehead atoms. The third-order valence-corrected chi connectivity index (χ3v) is 14.7. The quantitative estimate of drug-likeness (QED) is 0.181. The first-order valence-electron chi connectivity index (χ1n) is 17.6. The first-order chi connectivity index (χ1) is 24.9. The molecule has 52 heavy (non-hydrogen) atoms. The van der Waals surface area contributed by atoms with Gasteiger partial charge >= 0.3 is 0 Å². The summed E-state index contributed by atoms with van der Waals surface area (Å²) in [6, 6.07) is 35.7. The van der Waals surface area contributed by atoms with Crippen LogP contribution in [0.25, 0.3) is 43.1 Å². The lowest BCUT2D eigenvalue weighted by Crippen LogP contribution is -2.25. The molecule has 2 aliphatic heterocycles. The fourth-order valence-corrected chi connectivity index (χ4v) is 11.1. The Morgan fingerprint density at radius 1 is 0.423 bits per heavy atom. The van der Waals surface area contributed by atoms with E-state index in [1.165, 1.54) is 0 Å². The predicted molar refractivity (Wildman–Crippen MR) is 210 cm³/mol. The van der Waals surface area contributed by atoms with Gasteiger partial charge < -0.3 is 0 Å². The summed E-state index contributed by atoms with van der Waals surface area (Å²) in [5.41, 5.74) is 8.33. The number of rotatable bonds is 4. The smallest absolute Gasteiger partial charge is 0.207 e. The SMILES string of the molecule is Cc1ccc(S(=O)(=O)N2Cc3c(C)cc4c5cccc(c5)c5c6c(c(C)cc5c5cccc(c5)c4c3C2)CN(S(=O)(=O)c2ccc(C)cc2)C6)cc1. The minimum Gasteiger partial charge on any atom is -0.207 e. The topological polar surface area (TPSA) is 74.8 Å². The molecular formula is C44H38N2O4S2. The van der Waals surface area contributed by atoms with E-state index >= 15 is 0 Å². The first kappa shape index (κ1) is 33.0. The average molecular weight is 723 g/mol. The summed E-state index contributed by atoms with van der Waals surface area (Å²) in [6.45, 7) is 9.28. The van der Waals surface area contributed by atoms with Crippen molar-refractivity contribution >= 4 is 63.1 Å². The van der Waals surface area contributed by atoms with Crippen LogP contribution in [0.3, 0.4) is 0 Å². The van der Waals surface area contributed by atoms with Gasteiger partial charge in [-0.05, 0) is 141 Å². The van der Waals surface area contributed by atoms with Crippen molar-refractivity contribution in [3.63, 3.8) is 0 Å². The van der Waals surface area contributed by atoms with Gasteiger partial charge in [0, 0.05) is 26.2 Å². The molecule has 7 aromatic carbocycles. The van der Waals surface area contributed by atoms with Crippen molar-refractivity contribution in [3.8, 4) is 0 Å². The molecule has 0 amide bonds. The molecule has 260 valence electrons. The summed E-state index contributed by atoms with van der Waals surface area (Å²) in [6.07, 6.45) is 0. The van der Waals surface area contributed by atoms with Gasteiger partial charge in [-0.15, -0.1) is 0 Å². The lowest BCUT2D eigenvalue weighted by atomic mass is 9.90. The van der Waals surface area contributed by atoms with Crippen molar-refractivity contribution in [2.45, 2.75) is 63.7 Å². The zero-order chi connectivity index (χ0) is 36.1. The molecular weight excluding hydrogens is 685 g/mol. The van der Waals surface area contributed by atoms with E-state index in [9.17, 15) is 16.8 Å². The van der Waals surface area contributed by atoms with E-state index in [0.29, 0.717) is 22.9 Å². The van der Waals surface area contributed by atoms with Crippen molar-refractivity contribution < 1.29 is 16.8 Å². The number of benzene rings is 6. The maximum Gasteiger partial charge on any atom is 0.243 e. The fraction of sp³-hybridized carbons (Fsp3) is 0.182. The fourth-order valence-electron chi connectivity index (χ4n) is 8.32. The third-order valence-electron chi connectivity index (χ3n) is 11.1. The summed E-state index contributed by atoms with van der Waals surface area (Å²) in [4.78, 5) is 0.610. The number of aryl methyl sites for hydroxylation is 4. The number of hydrogen-bond acceptors (Lipinski definition) is 4. The van der Waals surface area contributed by atoms with Gasteiger partial charge in [-0.25, -0.2) is 16.8 Å². The zero-order valence-corrected chi connectivity index (χ0v) is 31.2. The van der Waals surface area contributed by atoms with E-state index in [-0.39, 0.29) is 13.1 Å². The molecule has 8 heteroatoms. The monoisotopic (exact) mass is 722 g/mol. The van der Waals surface area contributed by atoms with E-state index in [1.54, 1.807) is 32.9 Å². The number of sulfonamides is 2. The van der Waals surface area contributed by atoms with Crippen LogP contribution >= 0.6 is 0 Å². The molecule has 9 rings (SSSR count). The van der Waals surface area contributed by atoms with E-state index in [1.807, 2.05) is 38.1 Å². The van der Waals surface area contributed by atoms with Gasteiger partial charge in [0.1, 0.15) is 0 Å². The van der Waals surface area contributed by atoms with Gasteiger partial charge in [0.05, 0.1) is 9.79 Å². The highest BCUT2D eigenvalue weighted by Crippen LogP contribution is 2.42. The van der Waals surface area contributed by atoms with Crippen LogP contribution in [0.4, 0.5) is 0 Å². The molecule has 7 aromatic rings. The second kappa shape index (κ2) is 11.8. The van der Waals surface area contributed by atoms with Gasteiger partial charge in [0.2, 0.25) is 20.0 Å². The van der Waals surface area contributed by atoms with Crippen LogP contribution in [0, 0.1) is 27.7 Å². The summed E-state index contributed by atoms with van der Waals surface area (Å²) < 4.78 is 59.1. The Bertz CT molecular complexity index is 2720. The maximum atomic E-state index is 14.0. The average Bonchev–Trinajstić information content (AvgIpc) is 3.80. The molecule has 0 fully saturated rings. The molecule has 0 aromatic heterocycles. The second-order valence-corrected chi connectivity index (χ2v) is 18.4. The molecule has 0 atom stereocenters. The van der Waals surface area contributed by atoms with Crippen molar-refractivity contribution in [2.24, 2.45) is 0 Å². The van der Waals surface area contributed by atoms with Crippen molar-refractivity contribution in [1.29, 1.82) is 0 Å². The van der Waals surface area contributed by atoms with Crippen LogP contribution < -0.4 is 0 Å². The summed E-state index contributed by atoms with van der Waals surface area (Å²) >= 11 is 0. The summed E-state index contributed by atoms with van der Waals surface area (Å²) in [7, 11) is -7.44. The van der Waals surface area contributed by atoms with Gasteiger partial charge in [0.25, 0.3) is 0 Å². The minimum atomic E-state index is -3.72. The predicted octanol–water partition coefficient (Wildman–Crippen LogP) is 9.50. The van der Waals surface area contributed by atoms with Gasteiger partial charge in [-0.1, -0.05) is 83.9 Å². The van der Waals surface area contributed by atoms with Crippen LogP contribution in [0.2, 0.25) is 0 Å². The van der Waals surface area contributed by atoms with Crippen LogP contribution in [0.5, 0.6) is 0 Å². The van der Waals surface area contributed by atoms with Crippen molar-refractivity contribution in [2.75, 3.05) is 0 Å². The van der Waals surface area contributed by atoms with Gasteiger partial charge in [0.15, 0.2) is 0 Å². The normalized spacial score (nSPS) is 15.2. The van der Waals surface area contributed by atoms with Gasteiger partial charge in [-0.2, -0.15) is 8.61 Å². The Balaban J connectivity index is 1.28. The van der Waals surface area contributed by atoms with Crippen LogP contribution in [0.15, 0.2) is 119 Å². The third kappa shape index (κ3) is 5.11. The number of nitrogens with zero attached hydrogens (tertiary/aromatic N) is 2. The van der Waals surface area contributed by atoms with E-state index in [0.717, 1.165) is 87.6 Å². The standard InChI is InChI=1S/C44H38N2O4S2/c1-27-11-15-35(16-12-27)51(47,48)45-23-39-29(3)19-37-31-7-6-10-34(22-31)44-38(32-8-5-9-33(21-32)43(37)41(39)25-45)20-30(4)40-24-46(26-42(40)44)52(49,50)36-17-13-28(2)14-18-36/h5-22H,23-26H2,1-4H3. The number of hydrogen-bond donors (Lipinski definition) is 0. The molecule has 0 spiro atoms. The summed E-state index contributed by atoms with van der Waals surface area (Å²) in [5, 5.41) is 8.34. The first-order valence-corrected chi connectivity index (χ1v) is 20.4. The minimum absolute atomic E-state index is 0.286. The zero-order valence-electron chi connectivity index (χ0n) is 29.6. The van der Waals surface area contributed by atoms with E-state index in [2.05, 4.69) is 74.5 Å². The molecule has 2 aliphatic rings. The molecule has 0 saturated carbocycles. The van der Waals surface area contributed by atoms with Gasteiger partial charge in [-0.3, -0.25) is 0 Å². The van der Waals surface area contributed by atoms with E-state index < -0.39 is 20.0 Å². The lowest BCUT2D eigenvalue weighted by molar-refractivity contribution is 0.431. The number of fused-ring (bicyclic) bond motifs is 14. The highest BCUT2D eigenvalue weighted by Gasteiger charge is 2.34. The Hall–Kier alpha value is -4.86. The Morgan fingerprint density at radius 2 is 0.769 bits per heavy atom. The molecule has 2 heterocycles. The largest absolute Gasteiger partial charge is 0.243 e.